The van der Waals surface area contributed by atoms with Gasteiger partial charge in [-0.05, 0) is 0 Å². The summed E-state index contributed by atoms with van der Waals surface area (Å²) in [6.07, 6.45) is 0.454. The van der Waals surface area contributed by atoms with Crippen LogP contribution >= 0.6 is 17.2 Å². The van der Waals surface area contributed by atoms with Crippen molar-refractivity contribution >= 4 is 44.1 Å². The number of aromatic nitrogens is 3. The molecule has 0 saturated heterocycles. The summed E-state index contributed by atoms with van der Waals surface area (Å²) in [5.41, 5.74) is 3.19. The first-order valence-corrected chi connectivity index (χ1v) is 15.4. The van der Waals surface area contributed by atoms with E-state index < -0.39 is 5.96 Å². The van der Waals surface area contributed by atoms with Crippen LogP contribution in [0.25, 0.3) is 16.7 Å². The summed E-state index contributed by atoms with van der Waals surface area (Å²) in [6.45, 7) is 0. The number of fused-ring (bicyclic) bond motifs is 1. The minimum absolute atomic E-state index is 0.175. The van der Waals surface area contributed by atoms with Crippen molar-refractivity contribution in [3.05, 3.63) is 139 Å². The SMILES string of the molecule is Oc1cc(-n2nnc3ccccc32)ccc1CP(Cl)(c1ccccc1)(c1ccccc1)c1ccccc1. The van der Waals surface area contributed by atoms with Crippen molar-refractivity contribution in [2.45, 2.75) is 6.16 Å². The van der Waals surface area contributed by atoms with Crippen molar-refractivity contribution in [2.75, 3.05) is 0 Å². The fourth-order valence-corrected chi connectivity index (χ4v) is 11.3. The summed E-state index contributed by atoms with van der Waals surface area (Å²) in [5.74, 6) is -3.39. The third-order valence-electron chi connectivity index (χ3n) is 7.02. The van der Waals surface area contributed by atoms with E-state index >= 15 is 0 Å². The molecule has 0 bridgehead atoms. The minimum atomic E-state index is -3.57. The number of benzene rings is 5. The Bertz CT molecular complexity index is 1590. The molecule has 4 nitrogen and oxygen atoms in total. The van der Waals surface area contributed by atoms with Gasteiger partial charge in [-0.15, -0.1) is 0 Å². The van der Waals surface area contributed by atoms with E-state index in [4.69, 9.17) is 11.2 Å². The van der Waals surface area contributed by atoms with Gasteiger partial charge in [0.15, 0.2) is 0 Å². The molecule has 6 rings (SSSR count). The molecular formula is C31H25ClN3OP. The number of phenols is 1. The monoisotopic (exact) mass is 521 g/mol. The van der Waals surface area contributed by atoms with Crippen LogP contribution in [0.1, 0.15) is 5.56 Å². The number of rotatable bonds is 6. The van der Waals surface area contributed by atoms with Crippen LogP contribution in [0.15, 0.2) is 133 Å². The molecule has 0 spiro atoms. The van der Waals surface area contributed by atoms with Crippen molar-refractivity contribution < 1.29 is 5.11 Å². The van der Waals surface area contributed by atoms with Gasteiger partial charge in [0.25, 0.3) is 0 Å². The second kappa shape index (κ2) is 9.15. The predicted octanol–water partition coefficient (Wildman–Crippen LogP) is 6.31. The van der Waals surface area contributed by atoms with Crippen LogP contribution < -0.4 is 15.9 Å². The van der Waals surface area contributed by atoms with Gasteiger partial charge in [-0.25, -0.2) is 0 Å². The van der Waals surface area contributed by atoms with Gasteiger partial charge in [0.05, 0.1) is 0 Å². The summed E-state index contributed by atoms with van der Waals surface area (Å²) >= 11 is 8.19. The summed E-state index contributed by atoms with van der Waals surface area (Å²) in [7, 11) is 0. The number of phenolic OH excluding ortho intramolecular Hbond substituents is 1. The van der Waals surface area contributed by atoms with Gasteiger partial charge in [-0.2, -0.15) is 0 Å². The van der Waals surface area contributed by atoms with Gasteiger partial charge >= 0.3 is 221 Å². The molecule has 6 heteroatoms. The second-order valence-corrected chi connectivity index (χ2v) is 15.6. The fraction of sp³-hybridized carbons (Fsp3) is 0.0323. The summed E-state index contributed by atoms with van der Waals surface area (Å²) in [6, 6.07) is 44.3. The van der Waals surface area contributed by atoms with E-state index in [1.165, 1.54) is 0 Å². The zero-order valence-corrected chi connectivity index (χ0v) is 21.7. The Morgan fingerprint density at radius 3 is 1.70 bits per heavy atom. The van der Waals surface area contributed by atoms with Gasteiger partial charge in [0.1, 0.15) is 0 Å². The zero-order valence-electron chi connectivity index (χ0n) is 20.0. The molecule has 0 unspecified atom stereocenters. The Morgan fingerprint density at radius 1 is 0.649 bits per heavy atom. The normalized spacial score (nSPS) is 12.7. The third-order valence-corrected chi connectivity index (χ3v) is 14.2. The molecule has 5 aromatic carbocycles. The molecule has 0 atom stereocenters. The Kier molecular flexibility index (Phi) is 5.79. The van der Waals surface area contributed by atoms with Crippen molar-refractivity contribution in [1.82, 2.24) is 15.0 Å². The Balaban J connectivity index is 1.56. The van der Waals surface area contributed by atoms with E-state index in [1.807, 2.05) is 91.0 Å². The van der Waals surface area contributed by atoms with Crippen molar-refractivity contribution in [2.24, 2.45) is 0 Å². The van der Waals surface area contributed by atoms with Crippen LogP contribution in [-0.2, 0) is 6.16 Å². The molecule has 0 fully saturated rings. The summed E-state index contributed by atoms with van der Waals surface area (Å²) < 4.78 is 1.74. The molecule has 0 saturated carbocycles. The van der Waals surface area contributed by atoms with Crippen LogP contribution in [-0.4, -0.2) is 20.1 Å². The maximum absolute atomic E-state index is 11.4. The van der Waals surface area contributed by atoms with Gasteiger partial charge in [0.2, 0.25) is 0 Å². The molecule has 0 aliphatic carbocycles. The van der Waals surface area contributed by atoms with Gasteiger partial charge < -0.3 is 0 Å². The molecule has 1 aromatic heterocycles. The van der Waals surface area contributed by atoms with Crippen LogP contribution in [0.3, 0.4) is 0 Å². The van der Waals surface area contributed by atoms with E-state index in [1.54, 1.807) is 10.7 Å². The number of halogens is 1. The zero-order chi connectivity index (χ0) is 25.3. The molecule has 0 amide bonds. The number of nitrogens with zero attached hydrogens (tertiary/aromatic N) is 3. The molecule has 182 valence electrons. The number of aromatic hydroxyl groups is 1. The van der Waals surface area contributed by atoms with Crippen LogP contribution in [0.2, 0.25) is 0 Å². The second-order valence-electron chi connectivity index (χ2n) is 9.15. The first kappa shape index (κ1) is 23.4. The molecule has 0 radical (unpaired) electrons. The first-order chi connectivity index (χ1) is 18.1. The Morgan fingerprint density at radius 2 is 1.16 bits per heavy atom. The Labute approximate surface area is 220 Å². The molecule has 1 heterocycles. The first-order valence-electron chi connectivity index (χ1n) is 12.1. The van der Waals surface area contributed by atoms with Gasteiger partial charge in [-0.1, -0.05) is 0 Å². The van der Waals surface area contributed by atoms with Crippen molar-refractivity contribution in [3.63, 3.8) is 0 Å². The number of hydrogen-bond acceptors (Lipinski definition) is 3. The van der Waals surface area contributed by atoms with E-state index in [-0.39, 0.29) is 5.75 Å². The number of para-hydroxylation sites is 1. The van der Waals surface area contributed by atoms with Crippen LogP contribution in [0.5, 0.6) is 5.75 Å². The predicted molar refractivity (Wildman–Crippen MR) is 155 cm³/mol. The van der Waals surface area contributed by atoms with E-state index in [0.29, 0.717) is 6.16 Å². The van der Waals surface area contributed by atoms with Crippen molar-refractivity contribution in [1.29, 1.82) is 0 Å². The quantitative estimate of drug-likeness (QED) is 0.261. The average Bonchev–Trinajstić information content (AvgIpc) is 3.40. The topological polar surface area (TPSA) is 50.9 Å². The van der Waals surface area contributed by atoms with E-state index in [2.05, 4.69) is 46.7 Å². The molecule has 0 aliphatic heterocycles. The molecule has 1 N–H and O–H groups in total. The number of hydrogen-bond donors (Lipinski definition) is 1. The standard InChI is InChI=1S/C31H25ClN3OP/c32-37(26-12-4-1-5-13-26,27-14-6-2-7-15-27,28-16-8-3-9-17-28)23-24-20-21-25(22-31(24)36)35-30-19-11-10-18-29(30)33-34-35/h1-22,36H,23H2. The fourth-order valence-electron chi connectivity index (χ4n) is 5.13. The van der Waals surface area contributed by atoms with Gasteiger partial charge in [-0.3, -0.25) is 0 Å². The van der Waals surface area contributed by atoms with Gasteiger partial charge in [0, 0.05) is 0 Å². The summed E-state index contributed by atoms with van der Waals surface area (Å²) in [4.78, 5) is 0. The van der Waals surface area contributed by atoms with E-state index in [9.17, 15) is 5.11 Å². The summed E-state index contributed by atoms with van der Waals surface area (Å²) in [5, 5.41) is 23.1. The van der Waals surface area contributed by atoms with Crippen LogP contribution in [0, 0.1) is 0 Å². The maximum atomic E-state index is 11.4. The average molecular weight is 522 g/mol. The molecule has 37 heavy (non-hydrogen) atoms. The van der Waals surface area contributed by atoms with Crippen LogP contribution in [0.4, 0.5) is 0 Å². The Hall–Kier alpha value is -3.98. The molecule has 0 aliphatic rings. The van der Waals surface area contributed by atoms with E-state index in [0.717, 1.165) is 38.2 Å². The third kappa shape index (κ3) is 3.81. The molecule has 6 aromatic rings. The molecular weight excluding hydrogens is 497 g/mol. The van der Waals surface area contributed by atoms with Crippen molar-refractivity contribution in [3.8, 4) is 11.4 Å².